The molecule has 26 heavy (non-hydrogen) atoms. The minimum absolute atomic E-state index is 0.0113. The quantitative estimate of drug-likeness (QED) is 0.847. The summed E-state index contributed by atoms with van der Waals surface area (Å²) < 4.78 is 11.0. The van der Waals surface area contributed by atoms with Gasteiger partial charge < -0.3 is 19.7 Å². The third-order valence-electron chi connectivity index (χ3n) is 4.40. The lowest BCUT2D eigenvalue weighted by Crippen LogP contribution is -2.44. The fraction of sp³-hybridized carbons (Fsp3) is 0.421. The third-order valence-corrected chi connectivity index (χ3v) is 4.40. The zero-order valence-corrected chi connectivity index (χ0v) is 15.3. The molecule has 0 radical (unpaired) electrons. The number of nitrogens with zero attached hydrogens (tertiary/aromatic N) is 3. The van der Waals surface area contributed by atoms with E-state index in [0.29, 0.717) is 23.7 Å². The van der Waals surface area contributed by atoms with Crippen LogP contribution in [0.1, 0.15) is 17.3 Å². The van der Waals surface area contributed by atoms with Crippen molar-refractivity contribution < 1.29 is 14.3 Å². The summed E-state index contributed by atoms with van der Waals surface area (Å²) in [5.41, 5.74) is 1.96. The molecule has 1 aliphatic rings. The average molecular weight is 356 g/mol. The van der Waals surface area contributed by atoms with Crippen LogP contribution in [0.2, 0.25) is 0 Å². The van der Waals surface area contributed by atoms with Gasteiger partial charge in [0.25, 0.3) is 5.91 Å². The summed E-state index contributed by atoms with van der Waals surface area (Å²) in [6.45, 7) is 4.19. The molecule has 7 heteroatoms. The van der Waals surface area contributed by atoms with Crippen LogP contribution in [-0.4, -0.2) is 66.8 Å². The zero-order valence-electron chi connectivity index (χ0n) is 15.3. The Morgan fingerprint density at radius 1 is 1.31 bits per heavy atom. The summed E-state index contributed by atoms with van der Waals surface area (Å²) in [7, 11) is 3.58. The molecular formula is C19H24N4O3. The van der Waals surface area contributed by atoms with Crippen molar-refractivity contribution in [3.05, 3.63) is 42.2 Å². The summed E-state index contributed by atoms with van der Waals surface area (Å²) in [4.78, 5) is 23.4. The summed E-state index contributed by atoms with van der Waals surface area (Å²) in [6.07, 6.45) is 3.19. The summed E-state index contributed by atoms with van der Waals surface area (Å²) in [6, 6.07) is 7.28. The van der Waals surface area contributed by atoms with Gasteiger partial charge in [-0.3, -0.25) is 4.79 Å². The van der Waals surface area contributed by atoms with Crippen molar-refractivity contribution in [2.45, 2.75) is 19.1 Å². The molecule has 138 valence electrons. The Morgan fingerprint density at radius 2 is 2.12 bits per heavy atom. The van der Waals surface area contributed by atoms with Crippen molar-refractivity contribution in [2.24, 2.45) is 0 Å². The Balaban J connectivity index is 1.78. The lowest BCUT2D eigenvalue weighted by molar-refractivity contribution is 0.0513. The molecule has 1 amide bonds. The molecule has 0 unspecified atom stereocenters. The minimum atomic E-state index is -0.125. The summed E-state index contributed by atoms with van der Waals surface area (Å²) >= 11 is 0. The number of nitrogens with one attached hydrogen (secondary N) is 1. The Labute approximate surface area is 153 Å². The van der Waals surface area contributed by atoms with Gasteiger partial charge in [-0.05, 0) is 26.1 Å². The van der Waals surface area contributed by atoms with Gasteiger partial charge >= 0.3 is 0 Å². The first-order valence-corrected chi connectivity index (χ1v) is 8.68. The van der Waals surface area contributed by atoms with E-state index in [4.69, 9.17) is 9.47 Å². The highest BCUT2D eigenvalue weighted by atomic mass is 16.5. The average Bonchev–Trinajstić information content (AvgIpc) is 3.01. The van der Waals surface area contributed by atoms with Crippen LogP contribution in [0, 0.1) is 0 Å². The second-order valence-corrected chi connectivity index (χ2v) is 6.29. The van der Waals surface area contributed by atoms with Crippen molar-refractivity contribution in [1.29, 1.82) is 0 Å². The van der Waals surface area contributed by atoms with Crippen LogP contribution >= 0.6 is 0 Å². The fourth-order valence-electron chi connectivity index (χ4n) is 3.22. The molecule has 0 aliphatic carbocycles. The molecule has 0 spiro atoms. The molecule has 1 N–H and O–H groups in total. The number of amides is 1. The largest absolute Gasteiger partial charge is 0.479 e. The maximum Gasteiger partial charge on any atom is 0.251 e. The van der Waals surface area contributed by atoms with Gasteiger partial charge in [-0.15, -0.1) is 0 Å². The smallest absolute Gasteiger partial charge is 0.251 e. The molecule has 1 aromatic carbocycles. The van der Waals surface area contributed by atoms with Gasteiger partial charge in [0, 0.05) is 43.2 Å². The number of benzene rings is 1. The van der Waals surface area contributed by atoms with Crippen LogP contribution in [0.25, 0.3) is 11.3 Å². The van der Waals surface area contributed by atoms with E-state index in [1.54, 1.807) is 31.6 Å². The molecule has 1 saturated heterocycles. The lowest BCUT2D eigenvalue weighted by atomic mass is 10.1. The number of carbonyl (C=O) groups is 1. The third kappa shape index (κ3) is 4.00. The highest BCUT2D eigenvalue weighted by molar-refractivity contribution is 5.95. The zero-order chi connectivity index (χ0) is 18.5. The molecule has 0 bridgehead atoms. The Kier molecular flexibility index (Phi) is 5.80. The SMILES string of the molecule is CCO[C@H]1CN(C)C[C@@H]1NC(=O)c1cccc(-c2nccnc2OC)c1. The molecule has 2 atom stereocenters. The highest BCUT2D eigenvalue weighted by Gasteiger charge is 2.32. The standard InChI is InChI=1S/C19H24N4O3/c1-4-26-16-12-23(2)11-15(16)22-18(24)14-7-5-6-13(10-14)17-19(25-3)21-9-8-20-17/h5-10,15-16H,4,11-12H2,1-3H3,(H,22,24)/t15-,16-/m0/s1. The van der Waals surface area contributed by atoms with E-state index in [1.165, 1.54) is 0 Å². The van der Waals surface area contributed by atoms with Crippen molar-refractivity contribution in [3.63, 3.8) is 0 Å². The predicted octanol–water partition coefficient (Wildman–Crippen LogP) is 1.60. The maximum atomic E-state index is 12.7. The van der Waals surface area contributed by atoms with Gasteiger partial charge in [-0.25, -0.2) is 9.97 Å². The number of aromatic nitrogens is 2. The van der Waals surface area contributed by atoms with Crippen LogP contribution in [-0.2, 0) is 4.74 Å². The Bertz CT molecular complexity index is 768. The number of ether oxygens (including phenoxy) is 2. The fourth-order valence-corrected chi connectivity index (χ4v) is 3.22. The topological polar surface area (TPSA) is 76.6 Å². The van der Waals surface area contributed by atoms with Gasteiger partial charge in [-0.1, -0.05) is 12.1 Å². The van der Waals surface area contributed by atoms with Gasteiger partial charge in [0.1, 0.15) is 5.69 Å². The van der Waals surface area contributed by atoms with E-state index < -0.39 is 0 Å². The van der Waals surface area contributed by atoms with Gasteiger partial charge in [0.15, 0.2) is 0 Å². The van der Waals surface area contributed by atoms with Crippen LogP contribution in [0.5, 0.6) is 5.88 Å². The maximum absolute atomic E-state index is 12.7. The number of rotatable bonds is 6. The molecule has 0 saturated carbocycles. The first-order chi connectivity index (χ1) is 12.6. The minimum Gasteiger partial charge on any atom is -0.479 e. The Morgan fingerprint density at radius 3 is 2.88 bits per heavy atom. The van der Waals surface area contributed by atoms with Gasteiger partial charge in [0.05, 0.1) is 19.3 Å². The van der Waals surface area contributed by atoms with E-state index in [9.17, 15) is 4.79 Å². The van der Waals surface area contributed by atoms with Crippen LogP contribution in [0.3, 0.4) is 0 Å². The number of likely N-dealkylation sites (tertiary alicyclic amines) is 1. The van der Waals surface area contributed by atoms with Crippen LogP contribution in [0.15, 0.2) is 36.7 Å². The van der Waals surface area contributed by atoms with E-state index in [2.05, 4.69) is 20.2 Å². The molecule has 1 fully saturated rings. The molecule has 3 rings (SSSR count). The molecule has 1 aromatic heterocycles. The van der Waals surface area contributed by atoms with E-state index in [1.807, 2.05) is 26.1 Å². The van der Waals surface area contributed by atoms with Crippen molar-refractivity contribution in [1.82, 2.24) is 20.2 Å². The number of carbonyl (C=O) groups excluding carboxylic acids is 1. The number of likely N-dealkylation sites (N-methyl/N-ethyl adjacent to an activating group) is 1. The highest BCUT2D eigenvalue weighted by Crippen LogP contribution is 2.25. The number of hydrogen-bond donors (Lipinski definition) is 1. The molecule has 2 heterocycles. The normalized spacial score (nSPS) is 20.1. The van der Waals surface area contributed by atoms with E-state index >= 15 is 0 Å². The first-order valence-electron chi connectivity index (χ1n) is 8.68. The van der Waals surface area contributed by atoms with Crippen molar-refractivity contribution >= 4 is 5.91 Å². The summed E-state index contributed by atoms with van der Waals surface area (Å²) in [5, 5.41) is 3.09. The molecule has 7 nitrogen and oxygen atoms in total. The van der Waals surface area contributed by atoms with Crippen LogP contribution in [0.4, 0.5) is 0 Å². The van der Waals surface area contributed by atoms with Crippen LogP contribution < -0.4 is 10.1 Å². The van der Waals surface area contributed by atoms with E-state index in [-0.39, 0.29) is 18.1 Å². The molecule has 2 aromatic rings. The van der Waals surface area contributed by atoms with Crippen molar-refractivity contribution in [3.8, 4) is 17.1 Å². The van der Waals surface area contributed by atoms with E-state index in [0.717, 1.165) is 18.7 Å². The second-order valence-electron chi connectivity index (χ2n) is 6.29. The number of hydrogen-bond acceptors (Lipinski definition) is 6. The lowest BCUT2D eigenvalue weighted by Gasteiger charge is -2.20. The van der Waals surface area contributed by atoms with Crippen molar-refractivity contribution in [2.75, 3.05) is 33.9 Å². The Hall–Kier alpha value is -2.51. The van der Waals surface area contributed by atoms with Gasteiger partial charge in [-0.2, -0.15) is 0 Å². The molecule has 1 aliphatic heterocycles. The second kappa shape index (κ2) is 8.25. The molecular weight excluding hydrogens is 332 g/mol. The monoisotopic (exact) mass is 356 g/mol. The first kappa shape index (κ1) is 18.3. The predicted molar refractivity (Wildman–Crippen MR) is 98.2 cm³/mol. The number of methoxy groups -OCH3 is 1. The summed E-state index contributed by atoms with van der Waals surface area (Å²) in [5.74, 6) is 0.304. The van der Waals surface area contributed by atoms with Gasteiger partial charge in [0.2, 0.25) is 5.88 Å².